The van der Waals surface area contributed by atoms with Crippen LogP contribution in [0.1, 0.15) is 20.8 Å². The van der Waals surface area contributed by atoms with Gasteiger partial charge in [0.25, 0.3) is 0 Å². The first kappa shape index (κ1) is 15.4. The minimum Gasteiger partial charge on any atom is -0.463 e. The molecule has 0 N–H and O–H groups in total. The van der Waals surface area contributed by atoms with Crippen molar-refractivity contribution >= 4 is 34.0 Å². The van der Waals surface area contributed by atoms with Crippen molar-refractivity contribution in [1.82, 2.24) is 0 Å². The molecule has 0 unspecified atom stereocenters. The first-order valence-corrected chi connectivity index (χ1v) is 10.5. The average Bonchev–Trinajstić information content (AvgIpc) is 2.07. The molecule has 0 aromatic heterocycles. The molecule has 0 amide bonds. The second kappa shape index (κ2) is 10.0. The maximum atomic E-state index is 5.36. The molecule has 0 spiro atoms. The van der Waals surface area contributed by atoms with E-state index in [4.69, 9.17) is 4.12 Å². The smallest absolute Gasteiger partial charge is 0.198 e. The molecule has 0 bridgehead atoms. The van der Waals surface area contributed by atoms with E-state index < -0.39 is 8.32 Å². The van der Waals surface area contributed by atoms with Crippen molar-refractivity contribution in [3.8, 4) is 0 Å². The summed E-state index contributed by atoms with van der Waals surface area (Å²) in [5.41, 5.74) is 0. The van der Waals surface area contributed by atoms with Crippen molar-refractivity contribution in [2.75, 3.05) is 0 Å². The summed E-state index contributed by atoms with van der Waals surface area (Å²) in [7, 11) is -0.171. The van der Waals surface area contributed by atoms with Crippen LogP contribution in [0.2, 0.25) is 29.7 Å². The molecule has 0 aliphatic carbocycles. The van der Waals surface area contributed by atoms with Crippen LogP contribution in [0.4, 0.5) is 0 Å². The lowest BCUT2D eigenvalue weighted by Gasteiger charge is -2.16. The van der Waals surface area contributed by atoms with Crippen LogP contribution in [0.15, 0.2) is 0 Å². The molecule has 0 heterocycles. The fourth-order valence-corrected chi connectivity index (χ4v) is 2.17. The predicted molar refractivity (Wildman–Crippen MR) is 65.7 cm³/mol. The zero-order valence-corrected chi connectivity index (χ0v) is 13.8. The highest BCUT2D eigenvalue weighted by atomic mass is 28.4. The maximum Gasteiger partial charge on any atom is 0.198 e. The van der Waals surface area contributed by atoms with Gasteiger partial charge < -0.3 is 4.12 Å². The minimum atomic E-state index is -1.09. The van der Waals surface area contributed by atoms with E-state index in [2.05, 4.69) is 33.9 Å². The zero-order valence-electron chi connectivity index (χ0n) is 9.61. The Balaban J connectivity index is 0. The Bertz CT molecular complexity index is 81.1. The Morgan fingerprint density at radius 2 is 1.58 bits per heavy atom. The van der Waals surface area contributed by atoms with Crippen LogP contribution in [-0.2, 0) is 4.12 Å². The number of hydrogen-bond acceptors (Lipinski definition) is 1. The molecule has 0 saturated carbocycles. The van der Waals surface area contributed by atoms with Crippen molar-refractivity contribution in [1.29, 1.82) is 0 Å². The van der Waals surface area contributed by atoms with Crippen LogP contribution < -0.4 is 0 Å². The van der Waals surface area contributed by atoms with Crippen LogP contribution in [0.5, 0.6) is 0 Å². The Hall–Kier alpha value is 0.926. The van der Waals surface area contributed by atoms with Gasteiger partial charge in [-0.05, 0) is 19.1 Å². The van der Waals surface area contributed by atoms with Crippen LogP contribution in [0, 0.1) is 0 Å². The molecule has 4 heteroatoms. The SMILES string of the molecule is CC[Si](C)(C)O[SiH3].C[CH2][Al][CH2]C. The highest BCUT2D eigenvalue weighted by Crippen LogP contribution is 2.06. The average molecular weight is 219 g/mol. The lowest BCUT2D eigenvalue weighted by Crippen LogP contribution is -2.27. The number of rotatable bonds is 4. The number of hydrogen-bond donors (Lipinski definition) is 0. The zero-order chi connectivity index (χ0) is 10.0. The first-order valence-electron chi connectivity index (χ1n) is 4.90. The van der Waals surface area contributed by atoms with Crippen molar-refractivity contribution < 1.29 is 4.12 Å². The van der Waals surface area contributed by atoms with E-state index in [0.717, 1.165) is 25.7 Å². The van der Waals surface area contributed by atoms with Gasteiger partial charge in [-0.2, -0.15) is 0 Å². The molecule has 0 aliphatic heterocycles. The van der Waals surface area contributed by atoms with Gasteiger partial charge in [-0.3, -0.25) is 0 Å². The molecule has 0 aromatic carbocycles. The van der Waals surface area contributed by atoms with Crippen LogP contribution in [-0.4, -0.2) is 34.0 Å². The summed E-state index contributed by atoms with van der Waals surface area (Å²) in [5, 5.41) is 2.85. The maximum absolute atomic E-state index is 5.36. The largest absolute Gasteiger partial charge is 0.463 e. The van der Waals surface area contributed by atoms with Crippen molar-refractivity contribution in [3.05, 3.63) is 0 Å². The third-order valence-corrected chi connectivity index (χ3v) is 9.26. The van der Waals surface area contributed by atoms with Crippen LogP contribution in [0.25, 0.3) is 0 Å². The second-order valence-corrected chi connectivity index (χ2v) is 11.5. The molecule has 12 heavy (non-hydrogen) atoms. The van der Waals surface area contributed by atoms with Crippen LogP contribution in [0.3, 0.4) is 0 Å². The quantitative estimate of drug-likeness (QED) is 0.658. The summed E-state index contributed by atoms with van der Waals surface area (Å²) in [6.45, 7) is 11.2. The Morgan fingerprint density at radius 3 is 1.58 bits per heavy atom. The summed E-state index contributed by atoms with van der Waals surface area (Å²) in [6, 6.07) is 1.25. The molecule has 0 rings (SSSR count). The van der Waals surface area contributed by atoms with Crippen molar-refractivity contribution in [2.24, 2.45) is 0 Å². The monoisotopic (exact) mass is 219 g/mol. The normalized spacial score (nSPS) is 10.4. The topological polar surface area (TPSA) is 9.23 Å². The van der Waals surface area contributed by atoms with Gasteiger partial charge in [-0.25, -0.2) is 0 Å². The molecule has 0 atom stereocenters. The summed E-state index contributed by atoms with van der Waals surface area (Å²) in [4.78, 5) is 0. The molecule has 0 aliphatic rings. The Kier molecular flexibility index (Phi) is 12.8. The molecule has 1 nitrogen and oxygen atoms in total. The molecule has 0 saturated heterocycles. The molecular formula is C8H24AlOSi2. The Labute approximate surface area is 88.7 Å². The van der Waals surface area contributed by atoms with Crippen LogP contribution >= 0.6 is 0 Å². The van der Waals surface area contributed by atoms with Gasteiger partial charge in [0.15, 0.2) is 23.5 Å². The highest BCUT2D eigenvalue weighted by molar-refractivity contribution is 6.73. The lowest BCUT2D eigenvalue weighted by molar-refractivity contribution is 0.609. The van der Waals surface area contributed by atoms with Crippen molar-refractivity contribution in [2.45, 2.75) is 50.5 Å². The van der Waals surface area contributed by atoms with Gasteiger partial charge in [-0.1, -0.05) is 20.8 Å². The van der Waals surface area contributed by atoms with Gasteiger partial charge in [0.05, 0.1) is 0 Å². The molecule has 0 fully saturated rings. The highest BCUT2D eigenvalue weighted by Gasteiger charge is 2.14. The van der Waals surface area contributed by atoms with E-state index in [1.165, 1.54) is 16.6 Å². The minimum absolute atomic E-state index is 0.815. The fraction of sp³-hybridized carbons (Fsp3) is 1.00. The second-order valence-electron chi connectivity index (χ2n) is 3.42. The third-order valence-electron chi connectivity index (χ3n) is 1.98. The summed E-state index contributed by atoms with van der Waals surface area (Å²) < 4.78 is 5.36. The lowest BCUT2D eigenvalue weighted by atomic mass is 10.9. The molecule has 0 aromatic rings. The summed E-state index contributed by atoms with van der Waals surface area (Å²) in [6.07, 6.45) is 0. The fourth-order valence-electron chi connectivity index (χ4n) is 0.433. The van der Waals surface area contributed by atoms with Gasteiger partial charge in [0.2, 0.25) is 0 Å². The van der Waals surface area contributed by atoms with Gasteiger partial charge >= 0.3 is 0 Å². The van der Waals surface area contributed by atoms with E-state index in [0.29, 0.717) is 0 Å². The first-order chi connectivity index (χ1) is 5.54. The molecule has 73 valence electrons. The van der Waals surface area contributed by atoms with E-state index in [1.807, 2.05) is 0 Å². The van der Waals surface area contributed by atoms with E-state index >= 15 is 0 Å². The van der Waals surface area contributed by atoms with Gasteiger partial charge in [0.1, 0.15) is 10.5 Å². The summed E-state index contributed by atoms with van der Waals surface area (Å²) in [5.74, 6) is 0. The summed E-state index contributed by atoms with van der Waals surface area (Å²) >= 11 is 0.815. The predicted octanol–water partition coefficient (Wildman–Crippen LogP) is 2.08. The van der Waals surface area contributed by atoms with E-state index in [1.54, 1.807) is 0 Å². The standard InChI is InChI=1S/C4H14OSi2.2C2H5.Al/c1-4-7(2,3)5-6;2*1-2;/h4H2,1-3,6H3;2*1H2,2H3;. The third kappa shape index (κ3) is 13.5. The van der Waals surface area contributed by atoms with E-state index in [-0.39, 0.29) is 0 Å². The van der Waals surface area contributed by atoms with Gasteiger partial charge in [-0.15, -0.1) is 10.6 Å². The van der Waals surface area contributed by atoms with Crippen molar-refractivity contribution in [3.63, 3.8) is 0 Å². The van der Waals surface area contributed by atoms with Gasteiger partial charge in [0, 0.05) is 0 Å². The van der Waals surface area contributed by atoms with E-state index in [9.17, 15) is 0 Å². The molecule has 1 radical (unpaired) electrons. The Morgan fingerprint density at radius 1 is 1.17 bits per heavy atom. The molecular weight excluding hydrogens is 195 g/mol.